The van der Waals surface area contributed by atoms with Gasteiger partial charge in [0.2, 0.25) is 0 Å². The summed E-state index contributed by atoms with van der Waals surface area (Å²) in [6.07, 6.45) is 3.10. The maximum absolute atomic E-state index is 11.4. The summed E-state index contributed by atoms with van der Waals surface area (Å²) in [6, 6.07) is 6.95. The molecule has 0 saturated carbocycles. The Morgan fingerprint density at radius 1 is 1.36 bits per heavy atom. The van der Waals surface area contributed by atoms with E-state index in [0.717, 1.165) is 5.56 Å². The molecule has 1 unspecified atom stereocenters. The number of rotatable bonds is 5. The van der Waals surface area contributed by atoms with Crippen LogP contribution < -0.4 is 0 Å². The first kappa shape index (κ1) is 16.2. The minimum Gasteiger partial charge on any atom is -0.481 e. The summed E-state index contributed by atoms with van der Waals surface area (Å²) in [5.74, 6) is -1.11. The molecule has 1 aromatic heterocycles. The molecule has 116 valence electrons. The van der Waals surface area contributed by atoms with Gasteiger partial charge in [0.1, 0.15) is 18.8 Å². The number of carboxylic acid groups (broad SMARTS) is 1. The van der Waals surface area contributed by atoms with Crippen molar-refractivity contribution in [1.82, 2.24) is 14.8 Å². The molecule has 0 fully saturated rings. The van der Waals surface area contributed by atoms with Crippen molar-refractivity contribution in [3.05, 3.63) is 47.5 Å². The van der Waals surface area contributed by atoms with Crippen molar-refractivity contribution in [3.63, 3.8) is 0 Å². The highest BCUT2D eigenvalue weighted by molar-refractivity contribution is 6.30. The topological polar surface area (TPSA) is 88.2 Å². The molecule has 0 radical (unpaired) electrons. The third kappa shape index (κ3) is 3.35. The van der Waals surface area contributed by atoms with Gasteiger partial charge >= 0.3 is 5.97 Å². The number of carboxylic acids is 1. The molecule has 0 aliphatic carbocycles. The van der Waals surface area contributed by atoms with E-state index in [1.54, 1.807) is 30.3 Å². The summed E-state index contributed by atoms with van der Waals surface area (Å²) in [6.45, 7) is 2.90. The standard InChI is InChI=1S/C15H16ClN3O3/c1-15(2,14(21)22)13(20)12(19-9-17-8-18-19)7-10-3-5-11(16)6-4-10/h3-9,13,20H,1-2H3,(H,21,22)/b12-7+. The van der Waals surface area contributed by atoms with Gasteiger partial charge in [0.25, 0.3) is 0 Å². The lowest BCUT2D eigenvalue weighted by molar-refractivity contribution is -0.151. The Bertz CT molecular complexity index is 679. The van der Waals surface area contributed by atoms with Gasteiger partial charge in [-0.05, 0) is 37.6 Å². The van der Waals surface area contributed by atoms with Crippen molar-refractivity contribution in [2.75, 3.05) is 0 Å². The van der Waals surface area contributed by atoms with Crippen LogP contribution in [0, 0.1) is 5.41 Å². The van der Waals surface area contributed by atoms with Crippen LogP contribution in [-0.2, 0) is 4.79 Å². The first-order valence-electron chi connectivity index (χ1n) is 6.56. The van der Waals surface area contributed by atoms with Gasteiger partial charge in [-0.15, -0.1) is 0 Å². The van der Waals surface area contributed by atoms with Crippen molar-refractivity contribution >= 4 is 29.3 Å². The quantitative estimate of drug-likeness (QED) is 0.882. The predicted molar refractivity (Wildman–Crippen MR) is 83.1 cm³/mol. The summed E-state index contributed by atoms with van der Waals surface area (Å²) in [5.41, 5.74) is -0.313. The molecule has 2 rings (SSSR count). The highest BCUT2D eigenvalue weighted by Gasteiger charge is 2.39. The van der Waals surface area contributed by atoms with E-state index in [1.807, 2.05) is 0 Å². The largest absolute Gasteiger partial charge is 0.481 e. The number of nitrogens with zero attached hydrogens (tertiary/aromatic N) is 3. The van der Waals surface area contributed by atoms with E-state index in [-0.39, 0.29) is 0 Å². The second-order valence-electron chi connectivity index (χ2n) is 5.39. The molecule has 0 spiro atoms. The maximum Gasteiger partial charge on any atom is 0.312 e. The molecule has 0 aliphatic rings. The van der Waals surface area contributed by atoms with E-state index in [1.165, 1.54) is 31.2 Å². The van der Waals surface area contributed by atoms with Gasteiger partial charge in [0.15, 0.2) is 0 Å². The zero-order chi connectivity index (χ0) is 16.3. The summed E-state index contributed by atoms with van der Waals surface area (Å²) in [7, 11) is 0. The Morgan fingerprint density at radius 2 is 2.00 bits per heavy atom. The fraction of sp³-hybridized carbons (Fsp3) is 0.267. The first-order valence-corrected chi connectivity index (χ1v) is 6.94. The van der Waals surface area contributed by atoms with Crippen LogP contribution in [0.15, 0.2) is 36.9 Å². The lowest BCUT2D eigenvalue weighted by atomic mass is 9.84. The molecule has 0 amide bonds. The van der Waals surface area contributed by atoms with Gasteiger partial charge < -0.3 is 10.2 Å². The fourth-order valence-corrected chi connectivity index (χ4v) is 1.95. The number of aliphatic hydroxyl groups is 1. The van der Waals surface area contributed by atoms with Crippen molar-refractivity contribution in [1.29, 1.82) is 0 Å². The van der Waals surface area contributed by atoms with Crippen LogP contribution in [0.3, 0.4) is 0 Å². The molecular weight excluding hydrogens is 306 g/mol. The number of benzene rings is 1. The normalized spacial score (nSPS) is 13.9. The van der Waals surface area contributed by atoms with E-state index in [4.69, 9.17) is 11.6 Å². The minimum atomic E-state index is -1.38. The summed E-state index contributed by atoms with van der Waals surface area (Å²) in [4.78, 5) is 15.2. The lowest BCUT2D eigenvalue weighted by Crippen LogP contribution is -2.39. The third-order valence-electron chi connectivity index (χ3n) is 3.38. The molecule has 6 nitrogen and oxygen atoms in total. The second kappa shape index (κ2) is 6.29. The lowest BCUT2D eigenvalue weighted by Gasteiger charge is -2.27. The van der Waals surface area contributed by atoms with Gasteiger partial charge in [-0.25, -0.2) is 9.67 Å². The Balaban J connectivity index is 2.48. The smallest absolute Gasteiger partial charge is 0.312 e. The van der Waals surface area contributed by atoms with Crippen LogP contribution in [0.1, 0.15) is 19.4 Å². The molecule has 7 heteroatoms. The number of aliphatic hydroxyl groups excluding tert-OH is 1. The molecule has 0 aliphatic heterocycles. The second-order valence-corrected chi connectivity index (χ2v) is 5.83. The van der Waals surface area contributed by atoms with Crippen LogP contribution in [0.25, 0.3) is 11.8 Å². The van der Waals surface area contributed by atoms with Crippen LogP contribution in [0.5, 0.6) is 0 Å². The van der Waals surface area contributed by atoms with Crippen molar-refractivity contribution < 1.29 is 15.0 Å². The average Bonchev–Trinajstić information content (AvgIpc) is 2.99. The number of hydrogen-bond donors (Lipinski definition) is 2. The van der Waals surface area contributed by atoms with Gasteiger partial charge in [-0.1, -0.05) is 23.7 Å². The van der Waals surface area contributed by atoms with Gasteiger partial charge in [-0.2, -0.15) is 5.10 Å². The predicted octanol–water partition coefficient (Wildman–Crippen LogP) is 2.40. The van der Waals surface area contributed by atoms with Gasteiger partial charge in [0, 0.05) is 5.02 Å². The number of hydrogen-bond acceptors (Lipinski definition) is 4. The molecule has 2 N–H and O–H groups in total. The Kier molecular flexibility index (Phi) is 4.63. The van der Waals surface area contributed by atoms with E-state index in [0.29, 0.717) is 10.7 Å². The highest BCUT2D eigenvalue weighted by atomic mass is 35.5. The van der Waals surface area contributed by atoms with E-state index < -0.39 is 17.5 Å². The Labute approximate surface area is 132 Å². The molecule has 1 heterocycles. The number of aliphatic carboxylic acids is 1. The van der Waals surface area contributed by atoms with Crippen molar-refractivity contribution in [2.45, 2.75) is 20.0 Å². The van der Waals surface area contributed by atoms with Crippen LogP contribution in [0.4, 0.5) is 0 Å². The average molecular weight is 322 g/mol. The summed E-state index contributed by atoms with van der Waals surface area (Å²) >= 11 is 5.85. The van der Waals surface area contributed by atoms with Gasteiger partial charge in [0.05, 0.1) is 11.1 Å². The van der Waals surface area contributed by atoms with Crippen molar-refractivity contribution in [2.24, 2.45) is 5.41 Å². The molecule has 0 bridgehead atoms. The molecule has 2 aromatic rings. The molecule has 1 aromatic carbocycles. The zero-order valence-corrected chi connectivity index (χ0v) is 12.9. The van der Waals surface area contributed by atoms with Crippen LogP contribution in [-0.4, -0.2) is 37.1 Å². The first-order chi connectivity index (χ1) is 10.3. The molecule has 22 heavy (non-hydrogen) atoms. The Hall–Kier alpha value is -2.18. The van der Waals surface area contributed by atoms with Crippen LogP contribution in [0.2, 0.25) is 5.02 Å². The highest BCUT2D eigenvalue weighted by Crippen LogP contribution is 2.29. The van der Waals surface area contributed by atoms with Gasteiger partial charge in [-0.3, -0.25) is 4.79 Å². The molecule has 1 atom stereocenters. The summed E-state index contributed by atoms with van der Waals surface area (Å²) in [5, 5.41) is 24.4. The van der Waals surface area contributed by atoms with E-state index in [9.17, 15) is 15.0 Å². The number of halogens is 1. The molecular formula is C15H16ClN3O3. The van der Waals surface area contributed by atoms with E-state index in [2.05, 4.69) is 10.1 Å². The number of aromatic nitrogens is 3. The number of carbonyl (C=O) groups is 1. The molecule has 0 saturated heterocycles. The van der Waals surface area contributed by atoms with Crippen molar-refractivity contribution in [3.8, 4) is 0 Å². The van der Waals surface area contributed by atoms with Crippen LogP contribution >= 0.6 is 11.6 Å². The summed E-state index contributed by atoms with van der Waals surface area (Å²) < 4.78 is 1.35. The third-order valence-corrected chi connectivity index (χ3v) is 3.63. The zero-order valence-electron chi connectivity index (χ0n) is 12.1. The van der Waals surface area contributed by atoms with E-state index >= 15 is 0 Å². The monoisotopic (exact) mass is 321 g/mol. The fourth-order valence-electron chi connectivity index (χ4n) is 1.83. The minimum absolute atomic E-state index is 0.312. The SMILES string of the molecule is CC(C)(C(=O)O)C(O)/C(=C\c1ccc(Cl)cc1)n1cncn1. The Morgan fingerprint density at radius 3 is 2.50 bits per heavy atom. The maximum atomic E-state index is 11.4.